The van der Waals surface area contributed by atoms with Crippen molar-refractivity contribution in [1.29, 1.82) is 5.26 Å². The van der Waals surface area contributed by atoms with Crippen molar-refractivity contribution in [3.8, 4) is 6.07 Å². The molecule has 0 bridgehead atoms. The number of imide groups is 1. The first-order valence-corrected chi connectivity index (χ1v) is 8.99. The molecule has 6 nitrogen and oxygen atoms in total. The Labute approximate surface area is 160 Å². The van der Waals surface area contributed by atoms with Crippen LogP contribution in [0.15, 0.2) is 59.5 Å². The van der Waals surface area contributed by atoms with E-state index in [1.54, 1.807) is 30.3 Å². The third kappa shape index (κ3) is 4.43. The lowest BCUT2D eigenvalue weighted by atomic mass is 10.1. The van der Waals surface area contributed by atoms with E-state index < -0.39 is 0 Å². The van der Waals surface area contributed by atoms with Crippen LogP contribution in [-0.4, -0.2) is 35.0 Å². The Bertz CT molecular complexity index is 947. The minimum absolute atomic E-state index is 0.0960. The summed E-state index contributed by atoms with van der Waals surface area (Å²) in [5.41, 5.74) is 1.72. The summed E-state index contributed by atoms with van der Waals surface area (Å²) in [5.74, 6) is -0.687. The zero-order valence-corrected chi connectivity index (χ0v) is 15.0. The molecule has 27 heavy (non-hydrogen) atoms. The first-order valence-electron chi connectivity index (χ1n) is 8.17. The molecule has 1 aliphatic heterocycles. The molecule has 2 aromatic rings. The number of nitrogens with one attached hydrogen (secondary N) is 1. The molecule has 1 aliphatic rings. The van der Waals surface area contributed by atoms with Gasteiger partial charge in [0.05, 0.1) is 16.5 Å². The Balaban J connectivity index is 1.57. The zero-order chi connectivity index (χ0) is 19.2. The van der Waals surface area contributed by atoms with Crippen LogP contribution in [0.25, 0.3) is 6.08 Å². The smallest absolute Gasteiger partial charge is 0.293 e. The molecule has 3 rings (SSSR count). The van der Waals surface area contributed by atoms with Crippen LogP contribution in [0.2, 0.25) is 0 Å². The van der Waals surface area contributed by atoms with E-state index >= 15 is 0 Å². The summed E-state index contributed by atoms with van der Waals surface area (Å²) in [6, 6.07) is 17.5. The average Bonchev–Trinajstić information content (AvgIpc) is 2.96. The fourth-order valence-electron chi connectivity index (χ4n) is 2.47. The number of benzene rings is 2. The lowest BCUT2D eigenvalue weighted by molar-refractivity contribution is -0.122. The van der Waals surface area contributed by atoms with E-state index in [9.17, 15) is 14.4 Å². The first-order chi connectivity index (χ1) is 13.1. The van der Waals surface area contributed by atoms with Gasteiger partial charge in [-0.15, -0.1) is 0 Å². The predicted octanol–water partition coefficient (Wildman–Crippen LogP) is 3.02. The maximum Gasteiger partial charge on any atom is 0.293 e. The molecule has 1 heterocycles. The number of nitriles is 1. The fourth-order valence-corrected chi connectivity index (χ4v) is 3.34. The molecule has 3 amide bonds. The van der Waals surface area contributed by atoms with Gasteiger partial charge in [-0.2, -0.15) is 5.26 Å². The molecule has 0 unspecified atom stereocenters. The largest absolute Gasteiger partial charge is 0.350 e. The Morgan fingerprint density at radius 3 is 2.48 bits per heavy atom. The van der Waals surface area contributed by atoms with Crippen molar-refractivity contribution in [1.82, 2.24) is 10.2 Å². The van der Waals surface area contributed by atoms with Crippen molar-refractivity contribution >= 4 is 34.9 Å². The summed E-state index contributed by atoms with van der Waals surface area (Å²) in [5, 5.41) is 11.1. The highest BCUT2D eigenvalue weighted by molar-refractivity contribution is 8.18. The summed E-state index contributed by atoms with van der Waals surface area (Å²) < 4.78 is 0. The summed E-state index contributed by atoms with van der Waals surface area (Å²) >= 11 is 0.891. The number of rotatable bonds is 5. The average molecular weight is 377 g/mol. The summed E-state index contributed by atoms with van der Waals surface area (Å²) in [4.78, 5) is 38.1. The van der Waals surface area contributed by atoms with Crippen molar-refractivity contribution in [2.24, 2.45) is 0 Å². The van der Waals surface area contributed by atoms with Gasteiger partial charge in [-0.3, -0.25) is 19.3 Å². The highest BCUT2D eigenvalue weighted by atomic mass is 32.2. The van der Waals surface area contributed by atoms with Crippen LogP contribution >= 0.6 is 11.8 Å². The lowest BCUT2D eigenvalue weighted by Gasteiger charge is -2.13. The Morgan fingerprint density at radius 1 is 1.11 bits per heavy atom. The third-order valence-electron chi connectivity index (χ3n) is 3.87. The monoisotopic (exact) mass is 377 g/mol. The van der Waals surface area contributed by atoms with Crippen molar-refractivity contribution in [2.45, 2.75) is 0 Å². The molecule has 0 spiro atoms. The van der Waals surface area contributed by atoms with E-state index in [4.69, 9.17) is 5.26 Å². The number of hydrogen-bond acceptors (Lipinski definition) is 5. The molecule has 1 fully saturated rings. The van der Waals surface area contributed by atoms with Crippen LogP contribution in [0.4, 0.5) is 4.79 Å². The second kappa shape index (κ2) is 8.34. The first kappa shape index (κ1) is 18.4. The highest BCUT2D eigenvalue weighted by Crippen LogP contribution is 2.31. The van der Waals surface area contributed by atoms with E-state index in [0.717, 1.165) is 22.2 Å². The van der Waals surface area contributed by atoms with E-state index in [1.165, 1.54) is 0 Å². The van der Waals surface area contributed by atoms with Crippen molar-refractivity contribution in [3.05, 3.63) is 76.2 Å². The van der Waals surface area contributed by atoms with Crippen LogP contribution in [0.5, 0.6) is 0 Å². The maximum absolute atomic E-state index is 12.4. The number of carbonyl (C=O) groups is 3. The number of amides is 3. The number of nitrogens with zero attached hydrogens (tertiary/aromatic N) is 2. The van der Waals surface area contributed by atoms with Gasteiger partial charge in [-0.05, 0) is 47.7 Å². The minimum atomic E-state index is -0.360. The zero-order valence-electron chi connectivity index (χ0n) is 14.2. The van der Waals surface area contributed by atoms with Crippen LogP contribution in [0, 0.1) is 11.3 Å². The Kier molecular flexibility index (Phi) is 5.69. The van der Waals surface area contributed by atoms with Crippen molar-refractivity contribution < 1.29 is 14.4 Å². The van der Waals surface area contributed by atoms with E-state index in [1.807, 2.05) is 36.4 Å². The molecule has 134 valence electrons. The molecule has 1 N–H and O–H groups in total. The molecule has 0 atom stereocenters. The molecule has 2 aromatic carbocycles. The molecule has 0 aromatic heterocycles. The Morgan fingerprint density at radius 2 is 1.81 bits per heavy atom. The van der Waals surface area contributed by atoms with Gasteiger partial charge in [-0.25, -0.2) is 0 Å². The molecule has 1 saturated heterocycles. The van der Waals surface area contributed by atoms with E-state index in [2.05, 4.69) is 5.32 Å². The standard InChI is InChI=1S/C20H15N3O3S/c21-13-15-6-8-16(9-7-15)18(24)22-10-11-23-19(25)17(27-20(23)26)12-14-4-2-1-3-5-14/h1-9,12H,10-11H2,(H,22,24)/b17-12+. The third-order valence-corrected chi connectivity index (χ3v) is 4.78. The predicted molar refractivity (Wildman–Crippen MR) is 103 cm³/mol. The van der Waals surface area contributed by atoms with Gasteiger partial charge in [0.25, 0.3) is 17.1 Å². The molecule has 7 heteroatoms. The molecular formula is C20H15N3O3S. The molecule has 0 radical (unpaired) electrons. The summed E-state index contributed by atoms with van der Waals surface area (Å²) in [6.45, 7) is 0.244. The molecule has 0 aliphatic carbocycles. The summed E-state index contributed by atoms with van der Waals surface area (Å²) in [6.07, 6.45) is 1.68. The van der Waals surface area contributed by atoms with Crippen LogP contribution in [0.3, 0.4) is 0 Å². The van der Waals surface area contributed by atoms with Gasteiger partial charge >= 0.3 is 0 Å². The number of thioether (sulfide) groups is 1. The maximum atomic E-state index is 12.4. The van der Waals surface area contributed by atoms with E-state index in [0.29, 0.717) is 16.0 Å². The Hall–Kier alpha value is -3.37. The number of carbonyl (C=O) groups excluding carboxylic acids is 3. The van der Waals surface area contributed by atoms with Gasteiger partial charge in [0.1, 0.15) is 0 Å². The van der Waals surface area contributed by atoms with Crippen molar-refractivity contribution in [2.75, 3.05) is 13.1 Å². The molecule has 0 saturated carbocycles. The fraction of sp³-hybridized carbons (Fsp3) is 0.100. The minimum Gasteiger partial charge on any atom is -0.350 e. The topological polar surface area (TPSA) is 90.3 Å². The van der Waals surface area contributed by atoms with Crippen LogP contribution in [-0.2, 0) is 4.79 Å². The van der Waals surface area contributed by atoms with Gasteiger partial charge in [-0.1, -0.05) is 30.3 Å². The second-order valence-electron chi connectivity index (χ2n) is 5.69. The highest BCUT2D eigenvalue weighted by Gasteiger charge is 2.34. The lowest BCUT2D eigenvalue weighted by Crippen LogP contribution is -2.37. The summed E-state index contributed by atoms with van der Waals surface area (Å²) in [7, 11) is 0. The molecular weight excluding hydrogens is 362 g/mol. The quantitative estimate of drug-likeness (QED) is 0.809. The second-order valence-corrected chi connectivity index (χ2v) is 6.68. The van der Waals surface area contributed by atoms with Crippen LogP contribution < -0.4 is 5.32 Å². The SMILES string of the molecule is N#Cc1ccc(C(=O)NCCN2C(=O)S/C(=C/c3ccccc3)C2=O)cc1. The van der Waals surface area contributed by atoms with Gasteiger partial charge < -0.3 is 5.32 Å². The van der Waals surface area contributed by atoms with E-state index in [-0.39, 0.29) is 30.1 Å². The number of hydrogen-bond donors (Lipinski definition) is 1. The van der Waals surface area contributed by atoms with Gasteiger partial charge in [0, 0.05) is 18.7 Å². The van der Waals surface area contributed by atoms with Crippen LogP contribution in [0.1, 0.15) is 21.5 Å². The van der Waals surface area contributed by atoms with Gasteiger partial charge in [0.15, 0.2) is 0 Å². The normalized spacial score (nSPS) is 15.1. The van der Waals surface area contributed by atoms with Crippen molar-refractivity contribution in [3.63, 3.8) is 0 Å². The van der Waals surface area contributed by atoms with Gasteiger partial charge in [0.2, 0.25) is 0 Å².